The van der Waals surface area contributed by atoms with E-state index >= 15 is 0 Å². The SMILES string of the molecule is CN(C)C(=O)CNC(=O)Nc1ccc(/C=C/C(=O)O)cc1. The smallest absolute Gasteiger partial charge is 0.328 e. The van der Waals surface area contributed by atoms with Gasteiger partial charge in [0.15, 0.2) is 0 Å². The molecule has 0 fully saturated rings. The predicted octanol–water partition coefficient (Wildman–Crippen LogP) is 0.994. The van der Waals surface area contributed by atoms with E-state index in [1.165, 1.54) is 11.0 Å². The summed E-state index contributed by atoms with van der Waals surface area (Å²) in [6.45, 7) is -0.0851. The average Bonchev–Trinajstić information content (AvgIpc) is 2.43. The van der Waals surface area contributed by atoms with Crippen LogP contribution >= 0.6 is 0 Å². The fraction of sp³-hybridized carbons (Fsp3) is 0.214. The van der Waals surface area contributed by atoms with Crippen molar-refractivity contribution in [1.29, 1.82) is 0 Å². The molecule has 112 valence electrons. The van der Waals surface area contributed by atoms with Crippen LogP contribution in [0.3, 0.4) is 0 Å². The Labute approximate surface area is 122 Å². The van der Waals surface area contributed by atoms with Crippen LogP contribution < -0.4 is 10.6 Å². The minimum atomic E-state index is -1.03. The third kappa shape index (κ3) is 6.24. The third-order valence-electron chi connectivity index (χ3n) is 2.49. The van der Waals surface area contributed by atoms with Gasteiger partial charge in [0.05, 0.1) is 6.54 Å². The number of likely N-dealkylation sites (N-methyl/N-ethyl adjacent to an activating group) is 1. The number of benzene rings is 1. The summed E-state index contributed by atoms with van der Waals surface area (Å²) in [6, 6.07) is 6.11. The van der Waals surface area contributed by atoms with Gasteiger partial charge in [0.2, 0.25) is 5.91 Å². The summed E-state index contributed by atoms with van der Waals surface area (Å²) in [5, 5.41) is 13.5. The van der Waals surface area contributed by atoms with Gasteiger partial charge in [-0.05, 0) is 23.8 Å². The van der Waals surface area contributed by atoms with Crippen LogP contribution in [0.15, 0.2) is 30.3 Å². The van der Waals surface area contributed by atoms with Crippen molar-refractivity contribution < 1.29 is 19.5 Å². The van der Waals surface area contributed by atoms with Crippen molar-refractivity contribution in [1.82, 2.24) is 10.2 Å². The summed E-state index contributed by atoms with van der Waals surface area (Å²) < 4.78 is 0. The molecule has 0 spiro atoms. The number of hydrogen-bond acceptors (Lipinski definition) is 3. The van der Waals surface area contributed by atoms with Crippen molar-refractivity contribution in [2.24, 2.45) is 0 Å². The molecule has 7 nitrogen and oxygen atoms in total. The molecule has 0 aliphatic carbocycles. The average molecular weight is 291 g/mol. The molecular formula is C14H17N3O4. The fourth-order valence-electron chi connectivity index (χ4n) is 1.33. The predicted molar refractivity (Wildman–Crippen MR) is 78.8 cm³/mol. The maximum atomic E-state index is 11.6. The van der Waals surface area contributed by atoms with E-state index < -0.39 is 12.0 Å². The first-order valence-electron chi connectivity index (χ1n) is 6.14. The number of carboxylic acids is 1. The van der Waals surface area contributed by atoms with Crippen LogP contribution in [0.2, 0.25) is 0 Å². The monoisotopic (exact) mass is 291 g/mol. The van der Waals surface area contributed by atoms with Crippen LogP contribution in [-0.4, -0.2) is 48.6 Å². The van der Waals surface area contributed by atoms with Gasteiger partial charge in [0.1, 0.15) is 0 Å². The number of nitrogens with one attached hydrogen (secondary N) is 2. The van der Waals surface area contributed by atoms with Crippen molar-refractivity contribution >= 4 is 29.7 Å². The lowest BCUT2D eigenvalue weighted by Gasteiger charge is -2.11. The number of amides is 3. The number of carbonyl (C=O) groups excluding carboxylic acids is 2. The van der Waals surface area contributed by atoms with E-state index in [-0.39, 0.29) is 12.5 Å². The van der Waals surface area contributed by atoms with Gasteiger partial charge >= 0.3 is 12.0 Å². The Kier molecular flexibility index (Phi) is 5.94. The molecule has 0 aliphatic heterocycles. The summed E-state index contributed by atoms with van der Waals surface area (Å²) >= 11 is 0. The largest absolute Gasteiger partial charge is 0.478 e. The Balaban J connectivity index is 2.50. The van der Waals surface area contributed by atoms with Crippen molar-refractivity contribution in [3.05, 3.63) is 35.9 Å². The Morgan fingerprint density at radius 2 is 1.81 bits per heavy atom. The molecule has 1 aromatic rings. The minimum Gasteiger partial charge on any atom is -0.478 e. The van der Waals surface area contributed by atoms with Crippen molar-refractivity contribution in [2.45, 2.75) is 0 Å². The Bertz CT molecular complexity index is 550. The lowest BCUT2D eigenvalue weighted by molar-refractivity contribution is -0.131. The molecule has 0 heterocycles. The molecule has 21 heavy (non-hydrogen) atoms. The second-order valence-electron chi connectivity index (χ2n) is 4.39. The van der Waals surface area contributed by atoms with E-state index in [4.69, 9.17) is 5.11 Å². The number of anilines is 1. The first-order chi connectivity index (χ1) is 9.88. The molecule has 0 radical (unpaired) electrons. The van der Waals surface area contributed by atoms with E-state index in [1.54, 1.807) is 38.4 Å². The maximum absolute atomic E-state index is 11.6. The van der Waals surface area contributed by atoms with Crippen LogP contribution in [0, 0.1) is 0 Å². The lowest BCUT2D eigenvalue weighted by Crippen LogP contribution is -2.38. The van der Waals surface area contributed by atoms with E-state index in [2.05, 4.69) is 10.6 Å². The first kappa shape index (κ1) is 16.2. The number of rotatable bonds is 5. The summed E-state index contributed by atoms with van der Waals surface area (Å²) in [5.41, 5.74) is 1.24. The minimum absolute atomic E-state index is 0.0851. The molecule has 0 aromatic heterocycles. The van der Waals surface area contributed by atoms with Crippen molar-refractivity contribution in [3.8, 4) is 0 Å². The fourth-order valence-corrected chi connectivity index (χ4v) is 1.33. The van der Waals surface area contributed by atoms with Crippen LogP contribution in [0.4, 0.5) is 10.5 Å². The zero-order chi connectivity index (χ0) is 15.8. The number of nitrogens with zero attached hydrogens (tertiary/aromatic N) is 1. The topological polar surface area (TPSA) is 98.7 Å². The molecule has 3 N–H and O–H groups in total. The molecular weight excluding hydrogens is 274 g/mol. The highest BCUT2D eigenvalue weighted by Gasteiger charge is 2.06. The van der Waals surface area contributed by atoms with Crippen molar-refractivity contribution in [3.63, 3.8) is 0 Å². The first-order valence-corrected chi connectivity index (χ1v) is 6.14. The number of carboxylic acid groups (broad SMARTS) is 1. The second kappa shape index (κ2) is 7.68. The van der Waals surface area contributed by atoms with Gasteiger partial charge in [-0.25, -0.2) is 9.59 Å². The van der Waals surface area contributed by atoms with E-state index in [9.17, 15) is 14.4 Å². The second-order valence-corrected chi connectivity index (χ2v) is 4.39. The Morgan fingerprint density at radius 3 is 2.33 bits per heavy atom. The summed E-state index contributed by atoms with van der Waals surface area (Å²) in [5.74, 6) is -1.23. The molecule has 0 saturated heterocycles. The summed E-state index contributed by atoms with van der Waals surface area (Å²) in [7, 11) is 3.20. The summed E-state index contributed by atoms with van der Waals surface area (Å²) in [4.78, 5) is 34.6. The van der Waals surface area contributed by atoms with E-state index in [0.717, 1.165) is 6.08 Å². The van der Waals surface area contributed by atoms with Gasteiger partial charge in [-0.2, -0.15) is 0 Å². The molecule has 3 amide bonds. The van der Waals surface area contributed by atoms with Gasteiger partial charge in [0, 0.05) is 25.9 Å². The molecule has 0 aliphatic rings. The van der Waals surface area contributed by atoms with Gasteiger partial charge in [-0.15, -0.1) is 0 Å². The molecule has 1 aromatic carbocycles. The highest BCUT2D eigenvalue weighted by Crippen LogP contribution is 2.10. The van der Waals surface area contributed by atoms with Crippen LogP contribution in [-0.2, 0) is 9.59 Å². The quantitative estimate of drug-likeness (QED) is 0.705. The normalized spacial score (nSPS) is 10.2. The molecule has 7 heteroatoms. The zero-order valence-electron chi connectivity index (χ0n) is 11.8. The highest BCUT2D eigenvalue weighted by molar-refractivity contribution is 5.92. The van der Waals surface area contributed by atoms with Crippen LogP contribution in [0.5, 0.6) is 0 Å². The van der Waals surface area contributed by atoms with Gasteiger partial charge in [0.25, 0.3) is 0 Å². The zero-order valence-corrected chi connectivity index (χ0v) is 11.8. The lowest BCUT2D eigenvalue weighted by atomic mass is 10.2. The Morgan fingerprint density at radius 1 is 1.19 bits per heavy atom. The van der Waals surface area contributed by atoms with Gasteiger partial charge < -0.3 is 20.6 Å². The molecule has 0 saturated carbocycles. The van der Waals surface area contributed by atoms with E-state index in [1.807, 2.05) is 0 Å². The number of carbonyl (C=O) groups is 3. The molecule has 0 bridgehead atoms. The maximum Gasteiger partial charge on any atom is 0.328 e. The number of urea groups is 1. The standard InChI is InChI=1S/C14H17N3O4/c1-17(2)12(18)9-15-14(21)16-11-6-3-10(4-7-11)5-8-13(19)20/h3-8H,9H2,1-2H3,(H,19,20)(H2,15,16,21)/b8-5+. The molecule has 0 unspecified atom stereocenters. The van der Waals surface area contributed by atoms with Gasteiger partial charge in [-0.1, -0.05) is 12.1 Å². The molecule has 0 atom stereocenters. The summed E-state index contributed by atoms with van der Waals surface area (Å²) in [6.07, 6.45) is 2.48. The van der Waals surface area contributed by atoms with Crippen LogP contribution in [0.1, 0.15) is 5.56 Å². The van der Waals surface area contributed by atoms with E-state index in [0.29, 0.717) is 11.3 Å². The third-order valence-corrected chi connectivity index (χ3v) is 2.49. The van der Waals surface area contributed by atoms with Crippen LogP contribution in [0.25, 0.3) is 6.08 Å². The molecule has 1 rings (SSSR count). The number of hydrogen-bond donors (Lipinski definition) is 3. The highest BCUT2D eigenvalue weighted by atomic mass is 16.4. The Hall–Kier alpha value is -2.83. The van der Waals surface area contributed by atoms with Gasteiger partial charge in [-0.3, -0.25) is 4.79 Å². The van der Waals surface area contributed by atoms with Crippen molar-refractivity contribution in [2.75, 3.05) is 26.0 Å². The number of aliphatic carboxylic acids is 1.